The van der Waals surface area contributed by atoms with Crippen molar-refractivity contribution in [2.45, 2.75) is 59.3 Å². The van der Waals surface area contributed by atoms with Crippen LogP contribution in [0.4, 0.5) is 5.82 Å². The van der Waals surface area contributed by atoms with Gasteiger partial charge < -0.3 is 9.64 Å². The summed E-state index contributed by atoms with van der Waals surface area (Å²) in [6.07, 6.45) is 3.22. The van der Waals surface area contributed by atoms with Crippen LogP contribution in [-0.2, 0) is 22.5 Å². The van der Waals surface area contributed by atoms with Gasteiger partial charge in [0.15, 0.2) is 0 Å². The second-order valence-corrected chi connectivity index (χ2v) is 11.2. The number of thioether (sulfide) groups is 1. The van der Waals surface area contributed by atoms with E-state index < -0.39 is 0 Å². The van der Waals surface area contributed by atoms with E-state index >= 15 is 0 Å². The summed E-state index contributed by atoms with van der Waals surface area (Å²) in [6.45, 7) is 10.0. The zero-order valence-corrected chi connectivity index (χ0v) is 23.3. The molecule has 0 saturated carbocycles. The number of ether oxygens (including phenoxy) is 1. The first kappa shape index (κ1) is 27.1. The maximum atomic E-state index is 13.5. The van der Waals surface area contributed by atoms with Crippen molar-refractivity contribution < 1.29 is 9.53 Å². The minimum Gasteiger partial charge on any atom is -0.372 e. The zero-order valence-electron chi connectivity index (χ0n) is 21.7. The molecule has 2 saturated heterocycles. The highest BCUT2D eigenvalue weighted by molar-refractivity contribution is 8.26. The number of rotatable bonds is 7. The molecule has 2 aliphatic heterocycles. The average Bonchev–Trinajstić information content (AvgIpc) is 3.13. The van der Waals surface area contributed by atoms with Crippen LogP contribution in [0.5, 0.6) is 0 Å². The predicted octanol–water partition coefficient (Wildman–Crippen LogP) is 4.50. The number of morpholine rings is 1. The number of hydrogen-bond acceptors (Lipinski definition) is 7. The van der Waals surface area contributed by atoms with E-state index in [0.29, 0.717) is 47.4 Å². The van der Waals surface area contributed by atoms with Gasteiger partial charge in [-0.1, -0.05) is 61.2 Å². The van der Waals surface area contributed by atoms with Gasteiger partial charge in [-0.25, -0.2) is 0 Å². The van der Waals surface area contributed by atoms with E-state index in [1.165, 1.54) is 11.8 Å². The second-order valence-electron chi connectivity index (χ2n) is 9.54. The minimum atomic E-state index is -0.295. The summed E-state index contributed by atoms with van der Waals surface area (Å²) in [4.78, 5) is 31.1. The monoisotopic (exact) mass is 536 g/mol. The smallest absolute Gasteiger partial charge is 0.270 e. The van der Waals surface area contributed by atoms with E-state index in [1.807, 2.05) is 57.2 Å². The van der Waals surface area contributed by atoms with Crippen molar-refractivity contribution in [1.82, 2.24) is 9.47 Å². The van der Waals surface area contributed by atoms with Crippen molar-refractivity contribution >= 4 is 46.1 Å². The minimum absolute atomic E-state index is 0.0195. The van der Waals surface area contributed by atoms with Crippen molar-refractivity contribution in [3.05, 3.63) is 67.8 Å². The molecule has 194 valence electrons. The van der Waals surface area contributed by atoms with E-state index in [2.05, 4.69) is 11.0 Å². The van der Waals surface area contributed by atoms with Crippen LogP contribution in [0.1, 0.15) is 49.4 Å². The molecule has 0 aliphatic carbocycles. The highest BCUT2D eigenvalue weighted by Gasteiger charge is 2.34. The number of anilines is 1. The number of pyridine rings is 1. The van der Waals surface area contributed by atoms with Gasteiger partial charge in [0.25, 0.3) is 11.5 Å². The molecule has 1 aromatic heterocycles. The SMILES string of the molecule is CCCn1c(N2CC(C)OC(C)C2)c(/C=C2\SC(=S)N(CCc3ccccc3)C2=O)c(C)c(C#N)c1=O. The molecule has 2 aliphatic rings. The molecule has 0 spiro atoms. The van der Waals surface area contributed by atoms with Crippen molar-refractivity contribution in [2.24, 2.45) is 0 Å². The quantitative estimate of drug-likeness (QED) is 0.381. The largest absolute Gasteiger partial charge is 0.372 e. The van der Waals surface area contributed by atoms with E-state index in [0.717, 1.165) is 23.4 Å². The Bertz CT molecular complexity index is 1320. The number of hydrogen-bond donors (Lipinski definition) is 0. The summed E-state index contributed by atoms with van der Waals surface area (Å²) in [5.74, 6) is 0.589. The topological polar surface area (TPSA) is 78.6 Å². The van der Waals surface area contributed by atoms with E-state index in [9.17, 15) is 14.9 Å². The summed E-state index contributed by atoms with van der Waals surface area (Å²) in [5, 5.41) is 9.86. The highest BCUT2D eigenvalue weighted by Crippen LogP contribution is 2.36. The van der Waals surface area contributed by atoms with Gasteiger partial charge in [0.05, 0.1) is 17.1 Å². The number of carbonyl (C=O) groups is 1. The number of thiocarbonyl (C=S) groups is 1. The lowest BCUT2D eigenvalue weighted by Crippen LogP contribution is -2.48. The van der Waals surface area contributed by atoms with Crippen LogP contribution in [0, 0.1) is 18.3 Å². The van der Waals surface area contributed by atoms with Crippen LogP contribution in [0.3, 0.4) is 0 Å². The third-order valence-corrected chi connectivity index (χ3v) is 8.01. The van der Waals surface area contributed by atoms with Crippen LogP contribution in [0.2, 0.25) is 0 Å². The van der Waals surface area contributed by atoms with Gasteiger partial charge in [0, 0.05) is 31.7 Å². The van der Waals surface area contributed by atoms with Crippen LogP contribution >= 0.6 is 24.0 Å². The Morgan fingerprint density at radius 2 is 1.84 bits per heavy atom. The van der Waals surface area contributed by atoms with Crippen molar-refractivity contribution in [3.63, 3.8) is 0 Å². The number of nitrogens with zero attached hydrogens (tertiary/aromatic N) is 4. The molecule has 2 aromatic rings. The average molecular weight is 537 g/mol. The maximum absolute atomic E-state index is 13.5. The number of aromatic nitrogens is 1. The molecule has 1 aromatic carbocycles. The van der Waals surface area contributed by atoms with E-state index in [-0.39, 0.29) is 29.2 Å². The summed E-state index contributed by atoms with van der Waals surface area (Å²) < 4.78 is 8.15. The molecule has 9 heteroatoms. The first-order valence-electron chi connectivity index (χ1n) is 12.6. The van der Waals surface area contributed by atoms with Crippen LogP contribution in [0.25, 0.3) is 6.08 Å². The number of carbonyl (C=O) groups excluding carboxylic acids is 1. The lowest BCUT2D eigenvalue weighted by Gasteiger charge is -2.39. The van der Waals surface area contributed by atoms with Crippen LogP contribution in [0.15, 0.2) is 40.0 Å². The molecule has 3 heterocycles. The third kappa shape index (κ3) is 5.66. The zero-order chi connectivity index (χ0) is 26.7. The molecule has 2 unspecified atom stereocenters. The predicted molar refractivity (Wildman–Crippen MR) is 153 cm³/mol. The third-order valence-electron chi connectivity index (χ3n) is 6.63. The molecule has 4 rings (SSSR count). The van der Waals surface area contributed by atoms with Crippen LogP contribution in [-0.4, -0.2) is 51.5 Å². The molecular formula is C28H32N4O3S2. The molecule has 7 nitrogen and oxygen atoms in total. The van der Waals surface area contributed by atoms with Crippen LogP contribution < -0.4 is 10.5 Å². The Morgan fingerprint density at radius 1 is 1.16 bits per heavy atom. The Balaban J connectivity index is 1.78. The fraction of sp³-hybridized carbons (Fsp3) is 0.429. The molecule has 2 atom stereocenters. The first-order valence-corrected chi connectivity index (χ1v) is 13.8. The van der Waals surface area contributed by atoms with Gasteiger partial charge in [-0.05, 0) is 50.8 Å². The van der Waals surface area contributed by atoms with Gasteiger partial charge in [-0.3, -0.25) is 19.1 Å². The summed E-state index contributed by atoms with van der Waals surface area (Å²) >= 11 is 6.85. The van der Waals surface area contributed by atoms with E-state index in [1.54, 1.807) is 16.4 Å². The molecule has 0 bridgehead atoms. The van der Waals surface area contributed by atoms with Gasteiger partial charge in [0.1, 0.15) is 21.8 Å². The fourth-order valence-electron chi connectivity index (χ4n) is 4.98. The standard InChI is InChI=1S/C28H32N4O3S2/c1-5-12-31-25(30-16-18(2)35-19(3)17-30)22(20(4)23(15-29)26(31)33)14-24-27(34)32(28(36)37-24)13-11-21-9-7-6-8-10-21/h6-10,14,18-19H,5,11-13,16-17H2,1-4H3/b24-14-. The molecule has 37 heavy (non-hydrogen) atoms. The van der Waals surface area contributed by atoms with Gasteiger partial charge in [-0.2, -0.15) is 5.26 Å². The van der Waals surface area contributed by atoms with Crippen molar-refractivity contribution in [1.29, 1.82) is 5.26 Å². The lowest BCUT2D eigenvalue weighted by atomic mass is 10.0. The van der Waals surface area contributed by atoms with E-state index in [4.69, 9.17) is 17.0 Å². The summed E-state index contributed by atoms with van der Waals surface area (Å²) in [6, 6.07) is 12.1. The van der Waals surface area contributed by atoms with Crippen molar-refractivity contribution in [3.8, 4) is 6.07 Å². The molecule has 1 amide bonds. The Morgan fingerprint density at radius 3 is 2.46 bits per heavy atom. The number of benzene rings is 1. The van der Waals surface area contributed by atoms with Crippen molar-refractivity contribution in [2.75, 3.05) is 24.5 Å². The molecule has 0 radical (unpaired) electrons. The van der Waals surface area contributed by atoms with Gasteiger partial charge in [0.2, 0.25) is 0 Å². The number of nitriles is 1. The van der Waals surface area contributed by atoms with Gasteiger partial charge in [-0.15, -0.1) is 0 Å². The Kier molecular flexibility index (Phi) is 8.53. The molecule has 0 N–H and O–H groups in total. The normalized spacial score (nSPS) is 21.1. The maximum Gasteiger partial charge on any atom is 0.270 e. The Hall–Kier alpha value is -2.93. The number of amides is 1. The Labute approximate surface area is 227 Å². The van der Waals surface area contributed by atoms with Gasteiger partial charge >= 0.3 is 0 Å². The lowest BCUT2D eigenvalue weighted by molar-refractivity contribution is -0.122. The second kappa shape index (κ2) is 11.6. The molecular weight excluding hydrogens is 504 g/mol. The summed E-state index contributed by atoms with van der Waals surface area (Å²) in [7, 11) is 0. The first-order chi connectivity index (χ1) is 17.7. The summed E-state index contributed by atoms with van der Waals surface area (Å²) in [5.41, 5.74) is 2.25. The molecule has 2 fully saturated rings. The highest BCUT2D eigenvalue weighted by atomic mass is 32.2. The fourth-order valence-corrected chi connectivity index (χ4v) is 6.27.